The van der Waals surface area contributed by atoms with Crippen LogP contribution in [0, 0.1) is 13.8 Å². The predicted molar refractivity (Wildman–Crippen MR) is 112 cm³/mol. The van der Waals surface area contributed by atoms with Gasteiger partial charge in [-0.05, 0) is 51.0 Å². The number of hydrogen-bond donors (Lipinski definition) is 0. The van der Waals surface area contributed by atoms with Gasteiger partial charge in [-0.15, -0.1) is 10.2 Å². The van der Waals surface area contributed by atoms with Crippen molar-refractivity contribution in [2.45, 2.75) is 57.4 Å². The molecule has 0 aliphatic rings. The molecule has 160 valence electrons. The van der Waals surface area contributed by atoms with Gasteiger partial charge in [0.2, 0.25) is 0 Å². The standard InChI is InChI=1S/C22H24F3N3OS/c1-5-28-20(16(4)29-19-10-9-14(2)11-15(19)3)26-27-21(28)30-13-17-7-6-8-18(12-17)22(23,24)25/h6-12,16H,5,13H2,1-4H3. The number of halogens is 3. The predicted octanol–water partition coefficient (Wildman–Crippen LogP) is 6.37. The van der Waals surface area contributed by atoms with Crippen LogP contribution < -0.4 is 4.74 Å². The number of nitrogens with zero attached hydrogens (tertiary/aromatic N) is 3. The van der Waals surface area contributed by atoms with Gasteiger partial charge in [-0.25, -0.2) is 0 Å². The number of rotatable bonds is 7. The summed E-state index contributed by atoms with van der Waals surface area (Å²) in [5.74, 6) is 1.84. The van der Waals surface area contributed by atoms with E-state index in [1.54, 1.807) is 6.07 Å². The Kier molecular flexibility index (Phi) is 6.75. The summed E-state index contributed by atoms with van der Waals surface area (Å²) in [7, 11) is 0. The van der Waals surface area contributed by atoms with Gasteiger partial charge in [0.05, 0.1) is 5.56 Å². The second-order valence-corrected chi connectivity index (χ2v) is 8.04. The van der Waals surface area contributed by atoms with Crippen molar-refractivity contribution < 1.29 is 17.9 Å². The second-order valence-electron chi connectivity index (χ2n) is 7.10. The molecule has 8 heteroatoms. The SMILES string of the molecule is CCn1c(SCc2cccc(C(F)(F)F)c2)nnc1C(C)Oc1ccc(C)cc1C. The van der Waals surface area contributed by atoms with Crippen LogP contribution in [-0.2, 0) is 18.5 Å². The first-order chi connectivity index (χ1) is 14.2. The average molecular weight is 436 g/mol. The number of aryl methyl sites for hydroxylation is 2. The number of aromatic nitrogens is 3. The Morgan fingerprint density at radius 1 is 1.10 bits per heavy atom. The third kappa shape index (κ3) is 5.16. The van der Waals surface area contributed by atoms with Gasteiger partial charge in [-0.1, -0.05) is 47.7 Å². The monoisotopic (exact) mass is 435 g/mol. The molecule has 0 N–H and O–H groups in total. The molecule has 0 amide bonds. The maximum Gasteiger partial charge on any atom is 0.416 e. The van der Waals surface area contributed by atoms with Crippen LogP contribution in [0.3, 0.4) is 0 Å². The molecule has 0 fully saturated rings. The third-order valence-corrected chi connectivity index (χ3v) is 5.72. The van der Waals surface area contributed by atoms with Crippen LogP contribution in [0.5, 0.6) is 5.75 Å². The number of alkyl halides is 3. The zero-order chi connectivity index (χ0) is 21.9. The third-order valence-electron chi connectivity index (χ3n) is 4.68. The highest BCUT2D eigenvalue weighted by molar-refractivity contribution is 7.98. The lowest BCUT2D eigenvalue weighted by atomic mass is 10.1. The van der Waals surface area contributed by atoms with E-state index in [4.69, 9.17) is 4.74 Å². The molecule has 3 rings (SSSR count). The Balaban J connectivity index is 1.74. The molecule has 1 atom stereocenters. The van der Waals surface area contributed by atoms with Gasteiger partial charge in [0, 0.05) is 12.3 Å². The van der Waals surface area contributed by atoms with Crippen LogP contribution in [0.4, 0.5) is 13.2 Å². The molecule has 0 bridgehead atoms. The van der Waals surface area contributed by atoms with E-state index in [0.29, 0.717) is 28.8 Å². The van der Waals surface area contributed by atoms with Gasteiger partial charge < -0.3 is 9.30 Å². The summed E-state index contributed by atoms with van der Waals surface area (Å²) >= 11 is 1.36. The molecule has 1 unspecified atom stereocenters. The van der Waals surface area contributed by atoms with Gasteiger partial charge in [0.15, 0.2) is 17.1 Å². The van der Waals surface area contributed by atoms with E-state index in [1.807, 2.05) is 44.4 Å². The van der Waals surface area contributed by atoms with Gasteiger partial charge >= 0.3 is 6.18 Å². The minimum Gasteiger partial charge on any atom is -0.482 e. The van der Waals surface area contributed by atoms with Crippen LogP contribution in [0.1, 0.15) is 48.0 Å². The molecular formula is C22H24F3N3OS. The lowest BCUT2D eigenvalue weighted by molar-refractivity contribution is -0.137. The highest BCUT2D eigenvalue weighted by Crippen LogP contribution is 2.32. The van der Waals surface area contributed by atoms with E-state index < -0.39 is 11.7 Å². The first-order valence-corrected chi connectivity index (χ1v) is 10.6. The molecule has 1 aromatic heterocycles. The molecular weight excluding hydrogens is 411 g/mol. The Labute approximate surface area is 178 Å². The van der Waals surface area contributed by atoms with Crippen LogP contribution in [0.2, 0.25) is 0 Å². The number of benzene rings is 2. The first-order valence-electron chi connectivity index (χ1n) is 9.65. The maximum atomic E-state index is 12.9. The topological polar surface area (TPSA) is 39.9 Å². The van der Waals surface area contributed by atoms with Crippen LogP contribution in [0.15, 0.2) is 47.6 Å². The van der Waals surface area contributed by atoms with Gasteiger partial charge in [-0.2, -0.15) is 13.2 Å². The Morgan fingerprint density at radius 3 is 2.53 bits per heavy atom. The van der Waals surface area contributed by atoms with E-state index in [1.165, 1.54) is 23.9 Å². The van der Waals surface area contributed by atoms with Crippen molar-refractivity contribution in [1.29, 1.82) is 0 Å². The van der Waals surface area contributed by atoms with Gasteiger partial charge in [0.1, 0.15) is 5.75 Å². The van der Waals surface area contributed by atoms with Crippen LogP contribution in [0.25, 0.3) is 0 Å². The fourth-order valence-electron chi connectivity index (χ4n) is 3.16. The highest BCUT2D eigenvalue weighted by atomic mass is 32.2. The summed E-state index contributed by atoms with van der Waals surface area (Å²) in [6, 6.07) is 11.4. The average Bonchev–Trinajstić information content (AvgIpc) is 3.11. The summed E-state index contributed by atoms with van der Waals surface area (Å²) in [5, 5.41) is 9.19. The minimum atomic E-state index is -4.35. The van der Waals surface area contributed by atoms with E-state index >= 15 is 0 Å². The number of ether oxygens (including phenoxy) is 1. The molecule has 0 aliphatic carbocycles. The van der Waals surface area contributed by atoms with Gasteiger partial charge in [0.25, 0.3) is 0 Å². The van der Waals surface area contributed by atoms with Crippen LogP contribution >= 0.6 is 11.8 Å². The summed E-state index contributed by atoms with van der Waals surface area (Å²) in [6.07, 6.45) is -4.67. The largest absolute Gasteiger partial charge is 0.482 e. The lowest BCUT2D eigenvalue weighted by Gasteiger charge is -2.17. The van der Waals surface area contributed by atoms with Crippen molar-refractivity contribution in [3.05, 3.63) is 70.5 Å². The normalized spacial score (nSPS) is 12.8. The maximum absolute atomic E-state index is 12.9. The molecule has 1 heterocycles. The molecule has 0 saturated carbocycles. The van der Waals surface area contributed by atoms with Crippen molar-refractivity contribution in [3.63, 3.8) is 0 Å². The lowest BCUT2D eigenvalue weighted by Crippen LogP contribution is -2.12. The van der Waals surface area contributed by atoms with E-state index in [2.05, 4.69) is 16.3 Å². The van der Waals surface area contributed by atoms with Crippen molar-refractivity contribution in [3.8, 4) is 5.75 Å². The highest BCUT2D eigenvalue weighted by Gasteiger charge is 2.30. The van der Waals surface area contributed by atoms with Crippen molar-refractivity contribution in [2.24, 2.45) is 0 Å². The molecule has 0 spiro atoms. The second kappa shape index (κ2) is 9.12. The molecule has 0 radical (unpaired) electrons. The fraction of sp³-hybridized carbons (Fsp3) is 0.364. The molecule has 30 heavy (non-hydrogen) atoms. The van der Waals surface area contributed by atoms with Gasteiger partial charge in [-0.3, -0.25) is 0 Å². The molecule has 4 nitrogen and oxygen atoms in total. The summed E-state index contributed by atoms with van der Waals surface area (Å²) in [6.45, 7) is 8.55. The summed E-state index contributed by atoms with van der Waals surface area (Å²) in [5.41, 5.74) is 2.15. The van der Waals surface area contributed by atoms with Crippen molar-refractivity contribution in [1.82, 2.24) is 14.8 Å². The Bertz CT molecular complexity index is 1020. The fourth-order valence-corrected chi connectivity index (χ4v) is 4.12. The number of thioether (sulfide) groups is 1. The molecule has 3 aromatic rings. The minimum absolute atomic E-state index is 0.318. The van der Waals surface area contributed by atoms with Crippen molar-refractivity contribution in [2.75, 3.05) is 0 Å². The first kappa shape index (κ1) is 22.2. The smallest absolute Gasteiger partial charge is 0.416 e. The summed E-state index contributed by atoms with van der Waals surface area (Å²) < 4.78 is 46.8. The molecule has 0 aliphatic heterocycles. The van der Waals surface area contributed by atoms with E-state index in [-0.39, 0.29) is 6.10 Å². The molecule has 2 aromatic carbocycles. The summed E-state index contributed by atoms with van der Waals surface area (Å²) in [4.78, 5) is 0. The van der Waals surface area contributed by atoms with Crippen molar-refractivity contribution >= 4 is 11.8 Å². The zero-order valence-corrected chi connectivity index (χ0v) is 18.1. The zero-order valence-electron chi connectivity index (χ0n) is 17.3. The van der Waals surface area contributed by atoms with E-state index in [0.717, 1.165) is 22.9 Å². The molecule has 0 saturated heterocycles. The quantitative estimate of drug-likeness (QED) is 0.405. The van der Waals surface area contributed by atoms with Crippen LogP contribution in [-0.4, -0.2) is 14.8 Å². The number of hydrogen-bond acceptors (Lipinski definition) is 4. The van der Waals surface area contributed by atoms with E-state index in [9.17, 15) is 13.2 Å². The Hall–Kier alpha value is -2.48. The Morgan fingerprint density at radius 2 is 1.87 bits per heavy atom.